The number of carbonyl (C=O) groups is 1. The van der Waals surface area contributed by atoms with Crippen LogP contribution in [0.25, 0.3) is 6.08 Å². The molecule has 0 aliphatic carbocycles. The van der Waals surface area contributed by atoms with E-state index in [1.54, 1.807) is 20.1 Å². The molecular weight excluding hydrogens is 499 g/mol. The first-order chi connectivity index (χ1) is 12.0. The summed E-state index contributed by atoms with van der Waals surface area (Å²) >= 11 is 5.65. The van der Waals surface area contributed by atoms with E-state index < -0.39 is 0 Å². The van der Waals surface area contributed by atoms with Crippen LogP contribution in [0.4, 0.5) is 0 Å². The van der Waals surface area contributed by atoms with E-state index in [4.69, 9.17) is 14.2 Å². The summed E-state index contributed by atoms with van der Waals surface area (Å²) < 4.78 is 18.2. The van der Waals surface area contributed by atoms with Crippen LogP contribution >= 0.6 is 38.5 Å². The van der Waals surface area contributed by atoms with Gasteiger partial charge in [0, 0.05) is 10.5 Å². The third-order valence-electron chi connectivity index (χ3n) is 3.22. The SMILES string of the molecule is CCOC(=O)/C=C/c1cc(I)c(OCc2cccc(Br)c2)c(OC)c1. The van der Waals surface area contributed by atoms with Gasteiger partial charge in [-0.3, -0.25) is 0 Å². The molecule has 132 valence electrons. The predicted molar refractivity (Wildman–Crippen MR) is 110 cm³/mol. The molecule has 2 rings (SSSR count). The van der Waals surface area contributed by atoms with Crippen LogP contribution in [-0.2, 0) is 16.1 Å². The van der Waals surface area contributed by atoms with Gasteiger partial charge in [0.2, 0.25) is 0 Å². The Bertz CT molecular complexity index is 774. The van der Waals surface area contributed by atoms with Gasteiger partial charge in [-0.1, -0.05) is 28.1 Å². The maximum atomic E-state index is 11.4. The Morgan fingerprint density at radius 2 is 2.08 bits per heavy atom. The van der Waals surface area contributed by atoms with Crippen molar-refractivity contribution >= 4 is 50.6 Å². The molecule has 0 fully saturated rings. The van der Waals surface area contributed by atoms with Crippen molar-refractivity contribution in [1.29, 1.82) is 0 Å². The molecule has 0 saturated heterocycles. The summed E-state index contributed by atoms with van der Waals surface area (Å²) in [4.78, 5) is 11.4. The maximum absolute atomic E-state index is 11.4. The lowest BCUT2D eigenvalue weighted by atomic mass is 10.2. The molecular formula is C19H18BrIO4. The minimum Gasteiger partial charge on any atom is -0.493 e. The summed E-state index contributed by atoms with van der Waals surface area (Å²) in [5.41, 5.74) is 1.89. The Balaban J connectivity index is 2.17. The number of carbonyl (C=O) groups excluding carboxylic acids is 1. The summed E-state index contributed by atoms with van der Waals surface area (Å²) in [5, 5.41) is 0. The number of hydrogen-bond donors (Lipinski definition) is 0. The van der Waals surface area contributed by atoms with Gasteiger partial charge in [-0.2, -0.15) is 0 Å². The smallest absolute Gasteiger partial charge is 0.330 e. The van der Waals surface area contributed by atoms with Crippen molar-refractivity contribution in [2.45, 2.75) is 13.5 Å². The molecule has 2 aromatic rings. The Kier molecular flexibility index (Phi) is 7.77. The molecule has 0 radical (unpaired) electrons. The Morgan fingerprint density at radius 1 is 1.28 bits per heavy atom. The molecule has 25 heavy (non-hydrogen) atoms. The number of methoxy groups -OCH3 is 1. The van der Waals surface area contributed by atoms with Crippen molar-refractivity contribution in [3.8, 4) is 11.5 Å². The molecule has 4 nitrogen and oxygen atoms in total. The second-order valence-electron chi connectivity index (χ2n) is 5.04. The van der Waals surface area contributed by atoms with Gasteiger partial charge in [-0.05, 0) is 71.0 Å². The van der Waals surface area contributed by atoms with Gasteiger partial charge in [0.05, 0.1) is 17.3 Å². The lowest BCUT2D eigenvalue weighted by Crippen LogP contribution is -2.01. The number of ether oxygens (including phenoxy) is 3. The number of esters is 1. The quantitative estimate of drug-likeness (QED) is 0.287. The Hall–Kier alpha value is -1.54. The first-order valence-electron chi connectivity index (χ1n) is 7.63. The topological polar surface area (TPSA) is 44.8 Å². The monoisotopic (exact) mass is 516 g/mol. The normalized spacial score (nSPS) is 10.7. The molecule has 0 saturated carbocycles. The van der Waals surface area contributed by atoms with E-state index in [0.717, 1.165) is 19.2 Å². The van der Waals surface area contributed by atoms with Crippen LogP contribution in [0.1, 0.15) is 18.1 Å². The molecule has 0 heterocycles. The van der Waals surface area contributed by atoms with E-state index in [1.807, 2.05) is 36.4 Å². The highest BCUT2D eigenvalue weighted by Crippen LogP contribution is 2.35. The van der Waals surface area contributed by atoms with Gasteiger partial charge in [0.1, 0.15) is 6.61 Å². The van der Waals surface area contributed by atoms with Gasteiger partial charge in [-0.25, -0.2) is 4.79 Å². The van der Waals surface area contributed by atoms with Crippen LogP contribution < -0.4 is 9.47 Å². The lowest BCUT2D eigenvalue weighted by molar-refractivity contribution is -0.137. The second-order valence-corrected chi connectivity index (χ2v) is 7.12. The van der Waals surface area contributed by atoms with Crippen molar-refractivity contribution in [1.82, 2.24) is 0 Å². The van der Waals surface area contributed by atoms with Gasteiger partial charge >= 0.3 is 5.97 Å². The van der Waals surface area contributed by atoms with Crippen molar-refractivity contribution in [3.63, 3.8) is 0 Å². The van der Waals surface area contributed by atoms with E-state index in [1.165, 1.54) is 6.08 Å². The lowest BCUT2D eigenvalue weighted by Gasteiger charge is -2.14. The van der Waals surface area contributed by atoms with Crippen LogP contribution in [0.15, 0.2) is 46.9 Å². The predicted octanol–water partition coefficient (Wildman–Crippen LogP) is 5.22. The highest BCUT2D eigenvalue weighted by Gasteiger charge is 2.11. The van der Waals surface area contributed by atoms with Gasteiger partial charge in [-0.15, -0.1) is 0 Å². The highest BCUT2D eigenvalue weighted by molar-refractivity contribution is 14.1. The van der Waals surface area contributed by atoms with Crippen LogP contribution in [0.2, 0.25) is 0 Å². The molecule has 6 heteroatoms. The molecule has 0 aliphatic heterocycles. The summed E-state index contributed by atoms with van der Waals surface area (Å²) in [6.45, 7) is 2.56. The summed E-state index contributed by atoms with van der Waals surface area (Å²) in [6.07, 6.45) is 3.09. The summed E-state index contributed by atoms with van der Waals surface area (Å²) in [7, 11) is 1.59. The molecule has 2 aromatic carbocycles. The van der Waals surface area contributed by atoms with Crippen molar-refractivity contribution in [2.75, 3.05) is 13.7 Å². The van der Waals surface area contributed by atoms with Crippen LogP contribution in [0, 0.1) is 3.57 Å². The average molecular weight is 517 g/mol. The van der Waals surface area contributed by atoms with Crippen LogP contribution in [0.5, 0.6) is 11.5 Å². The average Bonchev–Trinajstić information content (AvgIpc) is 2.59. The minimum atomic E-state index is -0.369. The summed E-state index contributed by atoms with van der Waals surface area (Å²) in [5.74, 6) is 0.924. The first kappa shape index (κ1) is 19.8. The first-order valence-corrected chi connectivity index (χ1v) is 9.50. The van der Waals surface area contributed by atoms with Gasteiger partial charge < -0.3 is 14.2 Å². The Labute approximate surface area is 169 Å². The fraction of sp³-hybridized carbons (Fsp3) is 0.211. The number of halogens is 2. The number of rotatable bonds is 7. The second kappa shape index (κ2) is 9.82. The number of hydrogen-bond acceptors (Lipinski definition) is 4. The molecule has 0 bridgehead atoms. The van der Waals surface area contributed by atoms with Crippen LogP contribution in [0.3, 0.4) is 0 Å². The maximum Gasteiger partial charge on any atom is 0.330 e. The fourth-order valence-corrected chi connectivity index (χ4v) is 3.34. The molecule has 0 atom stereocenters. The third-order valence-corrected chi connectivity index (χ3v) is 4.52. The molecule has 0 spiro atoms. The van der Waals surface area contributed by atoms with E-state index in [9.17, 15) is 4.79 Å². The zero-order valence-corrected chi connectivity index (χ0v) is 17.7. The molecule has 0 unspecified atom stereocenters. The van der Waals surface area contributed by atoms with E-state index >= 15 is 0 Å². The van der Waals surface area contributed by atoms with Crippen molar-refractivity contribution in [2.24, 2.45) is 0 Å². The van der Waals surface area contributed by atoms with Crippen molar-refractivity contribution in [3.05, 3.63) is 61.6 Å². The zero-order valence-electron chi connectivity index (χ0n) is 13.9. The standard InChI is InChI=1S/C19H18BrIO4/c1-3-24-18(22)8-7-13-10-16(21)19(17(11-13)23-2)25-12-14-5-4-6-15(20)9-14/h4-11H,3,12H2,1-2H3/b8-7+. The molecule has 0 aromatic heterocycles. The molecule has 0 amide bonds. The zero-order chi connectivity index (χ0) is 18.2. The Morgan fingerprint density at radius 3 is 2.76 bits per heavy atom. The van der Waals surface area contributed by atoms with E-state index in [0.29, 0.717) is 24.7 Å². The molecule has 0 N–H and O–H groups in total. The highest BCUT2D eigenvalue weighted by atomic mass is 127. The molecule has 0 aliphatic rings. The fourth-order valence-electron chi connectivity index (χ4n) is 2.11. The third kappa shape index (κ3) is 6.04. The largest absolute Gasteiger partial charge is 0.493 e. The van der Waals surface area contributed by atoms with E-state index in [2.05, 4.69) is 38.5 Å². The number of benzene rings is 2. The van der Waals surface area contributed by atoms with Crippen LogP contribution in [-0.4, -0.2) is 19.7 Å². The summed E-state index contributed by atoms with van der Waals surface area (Å²) in [6, 6.07) is 11.7. The van der Waals surface area contributed by atoms with Gasteiger partial charge in [0.25, 0.3) is 0 Å². The van der Waals surface area contributed by atoms with Gasteiger partial charge in [0.15, 0.2) is 11.5 Å². The van der Waals surface area contributed by atoms with Crippen molar-refractivity contribution < 1.29 is 19.0 Å². The van der Waals surface area contributed by atoms with E-state index in [-0.39, 0.29) is 5.97 Å². The minimum absolute atomic E-state index is 0.354.